The van der Waals surface area contributed by atoms with E-state index in [4.69, 9.17) is 5.11 Å². The van der Waals surface area contributed by atoms with E-state index in [-0.39, 0.29) is 31.2 Å². The van der Waals surface area contributed by atoms with Crippen molar-refractivity contribution in [2.75, 3.05) is 6.54 Å². The Morgan fingerprint density at radius 3 is 2.56 bits per heavy atom. The van der Waals surface area contributed by atoms with Crippen LogP contribution in [0.1, 0.15) is 16.3 Å². The van der Waals surface area contributed by atoms with E-state index in [0.29, 0.717) is 4.90 Å². The monoisotopic (exact) mass is 263 g/mol. The maximum absolute atomic E-state index is 12.2. The summed E-state index contributed by atoms with van der Waals surface area (Å²) >= 11 is 0. The average Bonchev–Trinajstić information content (AvgIpc) is 2.69. The summed E-state index contributed by atoms with van der Waals surface area (Å²) in [7, 11) is 0. The normalized spacial score (nSPS) is 15.4. The Morgan fingerprint density at radius 1 is 1.33 bits per heavy atom. The minimum atomic E-state index is -4.93. The molecule has 0 bridgehead atoms. The van der Waals surface area contributed by atoms with Gasteiger partial charge in [0, 0.05) is 19.3 Å². The van der Waals surface area contributed by atoms with Gasteiger partial charge in [0.2, 0.25) is 0 Å². The molecule has 0 atom stereocenters. The highest BCUT2D eigenvalue weighted by molar-refractivity contribution is 5.85. The van der Waals surface area contributed by atoms with E-state index in [2.05, 4.69) is 4.98 Å². The molecule has 0 saturated carbocycles. The Morgan fingerprint density at radius 2 is 2.00 bits per heavy atom. The highest BCUT2D eigenvalue weighted by Gasteiger charge is 2.43. The van der Waals surface area contributed by atoms with Gasteiger partial charge < -0.3 is 14.6 Å². The second-order valence-corrected chi connectivity index (χ2v) is 3.77. The fourth-order valence-corrected chi connectivity index (χ4v) is 1.71. The number of alkyl halides is 3. The quantitative estimate of drug-likeness (QED) is 0.799. The summed E-state index contributed by atoms with van der Waals surface area (Å²) in [5.74, 6) is -3.06. The molecule has 2 heterocycles. The number of aromatic carboxylic acids is 1. The summed E-state index contributed by atoms with van der Waals surface area (Å²) in [5.41, 5.74) is -0.244. The third-order valence-corrected chi connectivity index (χ3v) is 2.55. The molecule has 0 spiro atoms. The van der Waals surface area contributed by atoms with E-state index in [0.717, 1.165) is 0 Å². The van der Waals surface area contributed by atoms with Gasteiger partial charge in [0.05, 0.1) is 6.54 Å². The van der Waals surface area contributed by atoms with Crippen molar-refractivity contribution in [3.05, 3.63) is 17.7 Å². The Labute approximate surface area is 98.6 Å². The predicted molar refractivity (Wildman–Crippen MR) is 50.7 cm³/mol. The number of carbonyl (C=O) groups is 2. The summed E-state index contributed by atoms with van der Waals surface area (Å²) in [4.78, 5) is 25.9. The maximum atomic E-state index is 12.2. The minimum absolute atomic E-state index is 0.0947. The lowest BCUT2D eigenvalue weighted by Crippen LogP contribution is -2.45. The zero-order valence-corrected chi connectivity index (χ0v) is 8.94. The number of halogens is 3. The van der Waals surface area contributed by atoms with Crippen molar-refractivity contribution in [3.8, 4) is 0 Å². The molecule has 0 saturated heterocycles. The fraction of sp³-hybridized carbons (Fsp3) is 0.444. The third kappa shape index (κ3) is 2.15. The van der Waals surface area contributed by atoms with E-state index < -0.39 is 18.1 Å². The van der Waals surface area contributed by atoms with E-state index in [1.807, 2.05) is 0 Å². The lowest BCUT2D eigenvalue weighted by Gasteiger charge is -2.28. The topological polar surface area (TPSA) is 75.4 Å². The first-order valence-corrected chi connectivity index (χ1v) is 4.94. The first-order valence-electron chi connectivity index (χ1n) is 4.94. The van der Waals surface area contributed by atoms with Crippen LogP contribution in [0, 0.1) is 0 Å². The maximum Gasteiger partial charge on any atom is 0.471 e. The summed E-state index contributed by atoms with van der Waals surface area (Å²) in [5, 5.41) is 8.70. The van der Waals surface area contributed by atoms with Gasteiger partial charge >= 0.3 is 18.1 Å². The number of amides is 1. The van der Waals surface area contributed by atoms with E-state index in [1.165, 1.54) is 10.8 Å². The summed E-state index contributed by atoms with van der Waals surface area (Å²) in [6.45, 7) is -0.371. The van der Waals surface area contributed by atoms with Crippen LogP contribution in [0.15, 0.2) is 6.20 Å². The molecule has 1 aliphatic heterocycles. The van der Waals surface area contributed by atoms with Gasteiger partial charge in [0.1, 0.15) is 5.82 Å². The molecule has 1 aliphatic rings. The van der Waals surface area contributed by atoms with Crippen molar-refractivity contribution in [1.82, 2.24) is 14.5 Å². The number of nitrogens with zero attached hydrogens (tertiary/aromatic N) is 3. The zero-order valence-electron chi connectivity index (χ0n) is 8.94. The van der Waals surface area contributed by atoms with Gasteiger partial charge in [-0.1, -0.05) is 0 Å². The molecule has 0 aliphatic carbocycles. The summed E-state index contributed by atoms with van der Waals surface area (Å²) in [6.07, 6.45) is -3.68. The number of imidazole rings is 1. The summed E-state index contributed by atoms with van der Waals surface area (Å²) in [6, 6.07) is 0. The molecule has 0 fully saturated rings. The third-order valence-electron chi connectivity index (χ3n) is 2.55. The van der Waals surface area contributed by atoms with Gasteiger partial charge in [0.15, 0.2) is 5.69 Å². The molecule has 9 heteroatoms. The lowest BCUT2D eigenvalue weighted by molar-refractivity contribution is -0.187. The van der Waals surface area contributed by atoms with Crippen LogP contribution in [-0.4, -0.2) is 44.2 Å². The van der Waals surface area contributed by atoms with Crippen LogP contribution in [0.5, 0.6) is 0 Å². The minimum Gasteiger partial charge on any atom is -0.476 e. The molecule has 0 aromatic carbocycles. The molecule has 18 heavy (non-hydrogen) atoms. The van der Waals surface area contributed by atoms with Gasteiger partial charge in [-0.2, -0.15) is 13.2 Å². The number of hydrogen-bond acceptors (Lipinski definition) is 3. The number of aromatic nitrogens is 2. The van der Waals surface area contributed by atoms with E-state index in [1.54, 1.807) is 0 Å². The summed E-state index contributed by atoms with van der Waals surface area (Å²) < 4.78 is 38.1. The lowest BCUT2D eigenvalue weighted by atomic mass is 10.3. The Balaban J connectivity index is 2.20. The van der Waals surface area contributed by atoms with Crippen molar-refractivity contribution < 1.29 is 27.9 Å². The number of carbonyl (C=O) groups excluding carboxylic acids is 1. The molecule has 0 unspecified atom stereocenters. The van der Waals surface area contributed by atoms with Crippen molar-refractivity contribution in [1.29, 1.82) is 0 Å². The van der Waals surface area contributed by atoms with Crippen LogP contribution >= 0.6 is 0 Å². The molecule has 1 aromatic rings. The average molecular weight is 263 g/mol. The smallest absolute Gasteiger partial charge is 0.471 e. The van der Waals surface area contributed by atoms with Crippen LogP contribution in [-0.2, 0) is 17.9 Å². The molecular formula is C9H8F3N3O3. The Bertz CT molecular complexity index is 509. The van der Waals surface area contributed by atoms with Crippen LogP contribution in [0.25, 0.3) is 0 Å². The van der Waals surface area contributed by atoms with Crippen LogP contribution in [0.3, 0.4) is 0 Å². The molecule has 1 amide bonds. The highest BCUT2D eigenvalue weighted by atomic mass is 19.4. The first kappa shape index (κ1) is 12.4. The standard InChI is InChI=1S/C9H8F3N3O3/c10-9(11,12)8(18)15-2-1-14-3-5(7(16)17)13-6(14)4-15/h3H,1-2,4H2,(H,16,17). The zero-order chi connectivity index (χ0) is 13.5. The molecule has 98 valence electrons. The molecule has 1 aromatic heterocycles. The van der Waals surface area contributed by atoms with Gasteiger partial charge in [-0.05, 0) is 0 Å². The molecule has 0 radical (unpaired) electrons. The Hall–Kier alpha value is -2.06. The second kappa shape index (κ2) is 4.00. The molecular weight excluding hydrogens is 255 g/mol. The number of hydrogen-bond donors (Lipinski definition) is 1. The van der Waals surface area contributed by atoms with Crippen molar-refractivity contribution in [2.45, 2.75) is 19.3 Å². The number of fused-ring (bicyclic) bond motifs is 1. The second-order valence-electron chi connectivity index (χ2n) is 3.77. The van der Waals surface area contributed by atoms with Crippen molar-refractivity contribution in [3.63, 3.8) is 0 Å². The largest absolute Gasteiger partial charge is 0.476 e. The van der Waals surface area contributed by atoms with E-state index >= 15 is 0 Å². The van der Waals surface area contributed by atoms with Crippen molar-refractivity contribution >= 4 is 11.9 Å². The van der Waals surface area contributed by atoms with Crippen LogP contribution in [0.4, 0.5) is 13.2 Å². The number of carboxylic acid groups (broad SMARTS) is 1. The van der Waals surface area contributed by atoms with Crippen LogP contribution in [0.2, 0.25) is 0 Å². The Kier molecular flexibility index (Phi) is 2.76. The van der Waals surface area contributed by atoms with Crippen molar-refractivity contribution in [2.24, 2.45) is 0 Å². The predicted octanol–water partition coefficient (Wildman–Crippen LogP) is 0.486. The fourth-order valence-electron chi connectivity index (χ4n) is 1.71. The first-order chi connectivity index (χ1) is 8.29. The van der Waals surface area contributed by atoms with Gasteiger partial charge in [-0.25, -0.2) is 9.78 Å². The van der Waals surface area contributed by atoms with E-state index in [9.17, 15) is 22.8 Å². The van der Waals surface area contributed by atoms with Gasteiger partial charge in [-0.15, -0.1) is 0 Å². The highest BCUT2D eigenvalue weighted by Crippen LogP contribution is 2.22. The van der Waals surface area contributed by atoms with Crippen LogP contribution < -0.4 is 0 Å². The van der Waals surface area contributed by atoms with Gasteiger partial charge in [-0.3, -0.25) is 4.79 Å². The van der Waals surface area contributed by atoms with Gasteiger partial charge in [0.25, 0.3) is 0 Å². The number of carboxylic acids is 1. The number of rotatable bonds is 1. The molecule has 1 N–H and O–H groups in total. The molecule has 6 nitrogen and oxygen atoms in total. The SMILES string of the molecule is O=C(O)c1cn2c(n1)CN(C(=O)C(F)(F)F)CC2. The molecule has 2 rings (SSSR count).